The molecule has 0 heterocycles. The van der Waals surface area contributed by atoms with Gasteiger partial charge in [0.1, 0.15) is 11.9 Å². The van der Waals surface area contributed by atoms with Crippen molar-refractivity contribution in [2.24, 2.45) is 11.8 Å². The third kappa shape index (κ3) is 6.21. The number of benzene rings is 2. The molecule has 4 unspecified atom stereocenters. The van der Waals surface area contributed by atoms with Gasteiger partial charge in [-0.3, -0.25) is 4.79 Å². The first kappa shape index (κ1) is 24.5. The monoisotopic (exact) mass is 451 g/mol. The first-order valence-electron chi connectivity index (χ1n) is 11.5. The van der Waals surface area contributed by atoms with Crippen molar-refractivity contribution in [2.75, 3.05) is 0 Å². The van der Waals surface area contributed by atoms with Crippen LogP contribution in [0, 0.1) is 11.8 Å². The van der Waals surface area contributed by atoms with E-state index in [0.717, 1.165) is 12.8 Å². The van der Waals surface area contributed by atoms with Crippen LogP contribution in [0.15, 0.2) is 60.7 Å². The molecule has 1 aliphatic carbocycles. The third-order valence-corrected chi connectivity index (χ3v) is 6.62. The maximum absolute atomic E-state index is 13.0. The van der Waals surface area contributed by atoms with Crippen LogP contribution in [0.2, 0.25) is 0 Å². The molecule has 2 aromatic rings. The van der Waals surface area contributed by atoms with Crippen molar-refractivity contribution in [3.8, 4) is 5.75 Å². The lowest BCUT2D eigenvalue weighted by atomic mass is 9.64. The van der Waals surface area contributed by atoms with Crippen LogP contribution in [0.4, 0.5) is 4.79 Å². The van der Waals surface area contributed by atoms with Crippen LogP contribution in [0.5, 0.6) is 5.75 Å². The number of rotatable bonds is 7. The largest absolute Gasteiger partial charge is 0.460 e. The smallest absolute Gasteiger partial charge is 0.413 e. The van der Waals surface area contributed by atoms with E-state index in [4.69, 9.17) is 9.47 Å². The number of para-hydroxylation sites is 1. The van der Waals surface area contributed by atoms with Crippen LogP contribution in [-0.4, -0.2) is 30.0 Å². The molecule has 6 nitrogen and oxygen atoms in total. The standard InChI is InChI=1S/C27H33NO5/c1-18-15-16-22(27(3,4)20-11-7-5-8-12-20)23(17-18)33-25(30)24(19(2)29)28-26(31)32-21-13-9-6-10-14-21/h5-14,18,22-24H,15-17H2,1-4H3,(H,28,31). The summed E-state index contributed by atoms with van der Waals surface area (Å²) < 4.78 is 11.1. The molecule has 0 spiro atoms. The number of amides is 1. The molecule has 3 rings (SSSR count). The summed E-state index contributed by atoms with van der Waals surface area (Å²) in [7, 11) is 0. The lowest BCUT2D eigenvalue weighted by molar-refractivity contribution is -0.160. The summed E-state index contributed by atoms with van der Waals surface area (Å²) >= 11 is 0. The van der Waals surface area contributed by atoms with E-state index in [9.17, 15) is 14.4 Å². The second-order valence-corrected chi connectivity index (χ2v) is 9.48. The fourth-order valence-electron chi connectivity index (χ4n) is 4.65. The number of esters is 1. The van der Waals surface area contributed by atoms with E-state index < -0.39 is 23.9 Å². The fourth-order valence-corrected chi connectivity index (χ4v) is 4.65. The molecule has 1 N–H and O–H groups in total. The van der Waals surface area contributed by atoms with E-state index in [-0.39, 0.29) is 17.4 Å². The van der Waals surface area contributed by atoms with E-state index in [2.05, 4.69) is 38.2 Å². The Hall–Kier alpha value is -3.15. The molecule has 0 radical (unpaired) electrons. The quantitative estimate of drug-likeness (QED) is 0.470. The molecule has 0 aliphatic heterocycles. The maximum atomic E-state index is 13.0. The number of ether oxygens (including phenoxy) is 2. The summed E-state index contributed by atoms with van der Waals surface area (Å²) in [5.74, 6) is -0.453. The maximum Gasteiger partial charge on any atom is 0.413 e. The van der Waals surface area contributed by atoms with Crippen LogP contribution in [-0.2, 0) is 19.7 Å². The van der Waals surface area contributed by atoms with Crippen molar-refractivity contribution in [1.29, 1.82) is 0 Å². The number of carbonyl (C=O) groups is 3. The van der Waals surface area contributed by atoms with Gasteiger partial charge < -0.3 is 14.8 Å². The summed E-state index contributed by atoms with van der Waals surface area (Å²) in [6.45, 7) is 7.73. The summed E-state index contributed by atoms with van der Waals surface area (Å²) in [6, 6.07) is 17.2. The summed E-state index contributed by atoms with van der Waals surface area (Å²) in [4.78, 5) is 37.5. The molecule has 1 aliphatic rings. The third-order valence-electron chi connectivity index (χ3n) is 6.62. The highest BCUT2D eigenvalue weighted by Crippen LogP contribution is 2.43. The summed E-state index contributed by atoms with van der Waals surface area (Å²) in [5.41, 5.74) is 0.954. The molecule has 176 valence electrons. The van der Waals surface area contributed by atoms with Crippen LogP contribution >= 0.6 is 0 Å². The van der Waals surface area contributed by atoms with Crippen LogP contribution in [0.1, 0.15) is 52.5 Å². The Bertz CT molecular complexity index is 957. The number of Topliss-reactive ketones (excluding diaryl/α,β-unsaturated/α-hetero) is 1. The highest BCUT2D eigenvalue weighted by Gasteiger charge is 2.43. The lowest BCUT2D eigenvalue weighted by Crippen LogP contribution is -2.51. The zero-order chi connectivity index (χ0) is 24.0. The minimum atomic E-state index is -1.42. The first-order valence-corrected chi connectivity index (χ1v) is 11.5. The van der Waals surface area contributed by atoms with Gasteiger partial charge in [0, 0.05) is 5.92 Å². The molecule has 0 bridgehead atoms. The molecule has 6 heteroatoms. The molecule has 0 saturated heterocycles. The average molecular weight is 452 g/mol. The predicted molar refractivity (Wildman–Crippen MR) is 126 cm³/mol. The van der Waals surface area contributed by atoms with Gasteiger partial charge in [-0.05, 0) is 48.8 Å². The Kier molecular flexibility index (Phi) is 7.90. The number of hydrogen-bond acceptors (Lipinski definition) is 5. The molecule has 33 heavy (non-hydrogen) atoms. The number of hydrogen-bond donors (Lipinski definition) is 1. The lowest BCUT2D eigenvalue weighted by Gasteiger charge is -2.44. The van der Waals surface area contributed by atoms with Gasteiger partial charge in [0.2, 0.25) is 0 Å². The Morgan fingerprint density at radius 3 is 2.18 bits per heavy atom. The molecular weight excluding hydrogens is 418 g/mol. The first-order chi connectivity index (χ1) is 15.7. The van der Waals surface area contributed by atoms with Crippen molar-refractivity contribution in [3.05, 3.63) is 66.2 Å². The van der Waals surface area contributed by atoms with Gasteiger partial charge in [-0.25, -0.2) is 9.59 Å². The van der Waals surface area contributed by atoms with Gasteiger partial charge in [0.25, 0.3) is 0 Å². The Morgan fingerprint density at radius 2 is 1.58 bits per heavy atom. The van der Waals surface area contributed by atoms with E-state index >= 15 is 0 Å². The van der Waals surface area contributed by atoms with Crippen molar-refractivity contribution in [1.82, 2.24) is 5.32 Å². The van der Waals surface area contributed by atoms with Gasteiger partial charge in [-0.2, -0.15) is 0 Å². The molecule has 0 aromatic heterocycles. The summed E-state index contributed by atoms with van der Waals surface area (Å²) in [5, 5.41) is 2.37. The number of ketones is 1. The van der Waals surface area contributed by atoms with E-state index in [1.807, 2.05) is 18.2 Å². The average Bonchev–Trinajstić information content (AvgIpc) is 2.78. The number of nitrogens with one attached hydrogen (secondary N) is 1. The fraction of sp³-hybridized carbons (Fsp3) is 0.444. The highest BCUT2D eigenvalue weighted by molar-refractivity contribution is 6.04. The summed E-state index contributed by atoms with van der Waals surface area (Å²) in [6.07, 6.45) is 1.44. The Labute approximate surface area is 195 Å². The van der Waals surface area contributed by atoms with Crippen molar-refractivity contribution in [3.63, 3.8) is 0 Å². The van der Waals surface area contributed by atoms with Crippen molar-refractivity contribution >= 4 is 17.8 Å². The van der Waals surface area contributed by atoms with Crippen molar-refractivity contribution < 1.29 is 23.9 Å². The van der Waals surface area contributed by atoms with Crippen molar-refractivity contribution in [2.45, 2.75) is 64.5 Å². The number of carbonyl (C=O) groups excluding carboxylic acids is 3. The zero-order valence-corrected chi connectivity index (χ0v) is 19.7. The van der Waals surface area contributed by atoms with Crippen LogP contribution in [0.3, 0.4) is 0 Å². The minimum absolute atomic E-state index is 0.0870. The van der Waals surface area contributed by atoms with Gasteiger partial charge in [-0.15, -0.1) is 0 Å². The second kappa shape index (κ2) is 10.6. The predicted octanol–water partition coefficient (Wildman–Crippen LogP) is 5.06. The van der Waals surface area contributed by atoms with E-state index in [1.165, 1.54) is 12.5 Å². The van der Waals surface area contributed by atoms with E-state index in [0.29, 0.717) is 18.1 Å². The van der Waals surface area contributed by atoms with Gasteiger partial charge in [0.05, 0.1) is 0 Å². The van der Waals surface area contributed by atoms with Gasteiger partial charge in [0.15, 0.2) is 11.8 Å². The Balaban J connectivity index is 1.73. The SMILES string of the molecule is CC(=O)C(NC(=O)Oc1ccccc1)C(=O)OC1CC(C)CCC1C(C)(C)c1ccccc1. The zero-order valence-electron chi connectivity index (χ0n) is 19.7. The topological polar surface area (TPSA) is 81.7 Å². The van der Waals surface area contributed by atoms with E-state index in [1.54, 1.807) is 30.3 Å². The molecule has 1 saturated carbocycles. The normalized spacial score (nSPS) is 21.5. The molecule has 2 aromatic carbocycles. The molecule has 4 atom stereocenters. The van der Waals surface area contributed by atoms with Crippen LogP contribution < -0.4 is 10.1 Å². The molecular formula is C27H33NO5. The van der Waals surface area contributed by atoms with Gasteiger partial charge >= 0.3 is 12.1 Å². The van der Waals surface area contributed by atoms with Gasteiger partial charge in [-0.1, -0.05) is 75.7 Å². The minimum Gasteiger partial charge on any atom is -0.460 e. The Morgan fingerprint density at radius 1 is 0.970 bits per heavy atom. The second-order valence-electron chi connectivity index (χ2n) is 9.48. The molecule has 1 fully saturated rings. The van der Waals surface area contributed by atoms with Crippen LogP contribution in [0.25, 0.3) is 0 Å². The molecule has 1 amide bonds. The highest BCUT2D eigenvalue weighted by atomic mass is 16.6.